The van der Waals surface area contributed by atoms with Crippen LogP contribution in [-0.2, 0) is 9.53 Å². The quantitative estimate of drug-likeness (QED) is 0.690. The number of epoxide rings is 1. The smallest absolute Gasteiger partial charge is 0.258 e. The molecule has 1 saturated heterocycles. The van der Waals surface area contributed by atoms with Crippen LogP contribution in [0.4, 0.5) is 5.69 Å². The van der Waals surface area contributed by atoms with Crippen LogP contribution in [0.1, 0.15) is 13.8 Å². The van der Waals surface area contributed by atoms with Crippen LogP contribution in [0.5, 0.6) is 0 Å². The van der Waals surface area contributed by atoms with Crippen LogP contribution in [0.2, 0.25) is 0 Å². The van der Waals surface area contributed by atoms with Gasteiger partial charge in [0, 0.05) is 12.7 Å². The van der Waals surface area contributed by atoms with E-state index in [1.54, 1.807) is 11.9 Å². The molecule has 0 aromatic heterocycles. The van der Waals surface area contributed by atoms with Crippen LogP contribution in [0.25, 0.3) is 0 Å². The SMILES string of the molecule is CN(C(=O)C1OC1(C)C)c1ccccc1. The van der Waals surface area contributed by atoms with Crippen molar-refractivity contribution in [3.8, 4) is 0 Å². The molecule has 0 N–H and O–H groups in total. The number of hydrogen-bond donors (Lipinski definition) is 0. The maximum absolute atomic E-state index is 11.9. The number of nitrogens with zero attached hydrogens (tertiary/aromatic N) is 1. The Morgan fingerprint density at radius 3 is 2.33 bits per heavy atom. The highest BCUT2D eigenvalue weighted by Crippen LogP contribution is 2.36. The number of rotatable bonds is 2. The van der Waals surface area contributed by atoms with E-state index in [1.165, 1.54) is 0 Å². The average molecular weight is 205 g/mol. The lowest BCUT2D eigenvalue weighted by Crippen LogP contribution is -2.32. The minimum Gasteiger partial charge on any atom is -0.356 e. The number of hydrogen-bond acceptors (Lipinski definition) is 2. The van der Waals surface area contributed by atoms with Gasteiger partial charge in [0.25, 0.3) is 5.91 Å². The molecule has 0 radical (unpaired) electrons. The summed E-state index contributed by atoms with van der Waals surface area (Å²) in [5.41, 5.74) is 0.605. The molecule has 80 valence electrons. The van der Waals surface area contributed by atoms with Crippen molar-refractivity contribution in [2.45, 2.75) is 25.6 Å². The molecule has 1 amide bonds. The van der Waals surface area contributed by atoms with Crippen LogP contribution < -0.4 is 4.90 Å². The number of anilines is 1. The first-order valence-electron chi connectivity index (χ1n) is 5.03. The van der Waals surface area contributed by atoms with Gasteiger partial charge in [0.1, 0.15) is 0 Å². The molecule has 1 atom stereocenters. The number of ether oxygens (including phenoxy) is 1. The predicted octanol–water partition coefficient (Wildman–Crippen LogP) is 1.83. The lowest BCUT2D eigenvalue weighted by Gasteiger charge is -2.16. The first-order valence-corrected chi connectivity index (χ1v) is 5.03. The molecule has 2 rings (SSSR count). The van der Waals surface area contributed by atoms with E-state index in [2.05, 4.69) is 0 Å². The van der Waals surface area contributed by atoms with Crippen LogP contribution in [0.15, 0.2) is 30.3 Å². The Labute approximate surface area is 89.7 Å². The zero-order chi connectivity index (χ0) is 11.1. The van der Waals surface area contributed by atoms with Crippen LogP contribution in [0, 0.1) is 0 Å². The minimum absolute atomic E-state index is 0.0196. The molecule has 1 fully saturated rings. The van der Waals surface area contributed by atoms with Crippen molar-refractivity contribution >= 4 is 11.6 Å². The second-order valence-electron chi connectivity index (χ2n) is 4.33. The van der Waals surface area contributed by atoms with Gasteiger partial charge in [-0.15, -0.1) is 0 Å². The standard InChI is InChI=1S/C12H15NO2/c1-12(2)10(15-12)11(14)13(3)9-7-5-4-6-8-9/h4-8,10H,1-3H3. The van der Waals surface area contributed by atoms with Crippen LogP contribution in [-0.4, -0.2) is 24.7 Å². The summed E-state index contributed by atoms with van der Waals surface area (Å²) in [6, 6.07) is 9.58. The molecule has 1 aromatic carbocycles. The van der Waals surface area contributed by atoms with Gasteiger partial charge in [-0.25, -0.2) is 0 Å². The summed E-state index contributed by atoms with van der Waals surface area (Å²) in [6.07, 6.45) is -0.289. The highest BCUT2D eigenvalue weighted by molar-refractivity contribution is 5.98. The maximum Gasteiger partial charge on any atom is 0.258 e. The first-order chi connectivity index (χ1) is 7.02. The maximum atomic E-state index is 11.9. The van der Waals surface area contributed by atoms with E-state index in [0.29, 0.717) is 0 Å². The topological polar surface area (TPSA) is 32.8 Å². The van der Waals surface area contributed by atoms with Gasteiger partial charge >= 0.3 is 0 Å². The van der Waals surface area contributed by atoms with Crippen molar-refractivity contribution in [2.24, 2.45) is 0 Å². The first kappa shape index (κ1) is 10.2. The van der Waals surface area contributed by atoms with Gasteiger partial charge in [0.2, 0.25) is 0 Å². The van der Waals surface area contributed by atoms with Gasteiger partial charge in [0.15, 0.2) is 6.10 Å². The fourth-order valence-electron chi connectivity index (χ4n) is 1.57. The summed E-state index contributed by atoms with van der Waals surface area (Å²) in [5.74, 6) is 0.0196. The van der Waals surface area contributed by atoms with E-state index in [4.69, 9.17) is 4.74 Å². The Morgan fingerprint density at radius 1 is 1.33 bits per heavy atom. The van der Waals surface area contributed by atoms with Crippen molar-refractivity contribution in [2.75, 3.05) is 11.9 Å². The summed E-state index contributed by atoms with van der Waals surface area (Å²) in [5, 5.41) is 0. The molecular weight excluding hydrogens is 190 g/mol. The molecule has 1 aliphatic rings. The number of carbonyl (C=O) groups is 1. The van der Waals surface area contributed by atoms with Gasteiger partial charge < -0.3 is 9.64 Å². The van der Waals surface area contributed by atoms with E-state index in [1.807, 2.05) is 44.2 Å². The van der Waals surface area contributed by atoms with E-state index in [-0.39, 0.29) is 17.6 Å². The van der Waals surface area contributed by atoms with E-state index in [9.17, 15) is 4.79 Å². The van der Waals surface area contributed by atoms with E-state index in [0.717, 1.165) is 5.69 Å². The lowest BCUT2D eigenvalue weighted by atomic mass is 10.1. The van der Waals surface area contributed by atoms with Crippen LogP contribution in [0.3, 0.4) is 0 Å². The Kier molecular flexibility index (Phi) is 2.27. The van der Waals surface area contributed by atoms with Crippen molar-refractivity contribution in [3.05, 3.63) is 30.3 Å². The Hall–Kier alpha value is -1.35. The molecule has 0 aliphatic carbocycles. The fraction of sp³-hybridized carbons (Fsp3) is 0.417. The summed E-state index contributed by atoms with van der Waals surface area (Å²) >= 11 is 0. The highest BCUT2D eigenvalue weighted by atomic mass is 16.6. The predicted molar refractivity (Wildman–Crippen MR) is 58.8 cm³/mol. The van der Waals surface area contributed by atoms with Gasteiger partial charge in [0.05, 0.1) is 5.60 Å². The van der Waals surface area contributed by atoms with Gasteiger partial charge in [-0.3, -0.25) is 4.79 Å². The van der Waals surface area contributed by atoms with E-state index >= 15 is 0 Å². The molecule has 0 bridgehead atoms. The van der Waals surface area contributed by atoms with Crippen LogP contribution >= 0.6 is 0 Å². The molecule has 0 saturated carbocycles. The van der Waals surface area contributed by atoms with Crippen molar-refractivity contribution in [3.63, 3.8) is 0 Å². The third kappa shape index (κ3) is 1.88. The van der Waals surface area contributed by atoms with Crippen molar-refractivity contribution in [1.29, 1.82) is 0 Å². The molecule has 15 heavy (non-hydrogen) atoms. The Bertz CT molecular complexity index is 372. The largest absolute Gasteiger partial charge is 0.356 e. The molecule has 3 nitrogen and oxygen atoms in total. The zero-order valence-corrected chi connectivity index (χ0v) is 9.23. The second-order valence-corrected chi connectivity index (χ2v) is 4.33. The molecule has 1 unspecified atom stereocenters. The normalized spacial score (nSPS) is 22.2. The number of benzene rings is 1. The molecule has 0 spiro atoms. The molecule has 1 aromatic rings. The summed E-state index contributed by atoms with van der Waals surface area (Å²) < 4.78 is 5.32. The third-order valence-electron chi connectivity index (χ3n) is 2.69. The minimum atomic E-state index is -0.292. The third-order valence-corrected chi connectivity index (χ3v) is 2.69. The monoisotopic (exact) mass is 205 g/mol. The molecular formula is C12H15NO2. The summed E-state index contributed by atoms with van der Waals surface area (Å²) in [7, 11) is 1.77. The van der Waals surface area contributed by atoms with Crippen molar-refractivity contribution in [1.82, 2.24) is 0 Å². The van der Waals surface area contributed by atoms with E-state index < -0.39 is 0 Å². The van der Waals surface area contributed by atoms with Gasteiger partial charge in [-0.05, 0) is 26.0 Å². The van der Waals surface area contributed by atoms with Crippen molar-refractivity contribution < 1.29 is 9.53 Å². The number of para-hydroxylation sites is 1. The number of likely N-dealkylation sites (N-methyl/N-ethyl adjacent to an activating group) is 1. The zero-order valence-electron chi connectivity index (χ0n) is 9.23. The van der Waals surface area contributed by atoms with Gasteiger partial charge in [-0.2, -0.15) is 0 Å². The fourth-order valence-corrected chi connectivity index (χ4v) is 1.57. The molecule has 1 heterocycles. The Balaban J connectivity index is 2.10. The highest BCUT2D eigenvalue weighted by Gasteiger charge is 2.54. The molecule has 3 heteroatoms. The summed E-state index contributed by atoms with van der Waals surface area (Å²) in [4.78, 5) is 13.6. The lowest BCUT2D eigenvalue weighted by molar-refractivity contribution is -0.119. The number of amides is 1. The Morgan fingerprint density at radius 2 is 1.87 bits per heavy atom. The summed E-state index contributed by atoms with van der Waals surface area (Å²) in [6.45, 7) is 3.85. The van der Waals surface area contributed by atoms with Gasteiger partial charge in [-0.1, -0.05) is 18.2 Å². The number of carbonyl (C=O) groups excluding carboxylic acids is 1. The second kappa shape index (κ2) is 3.35. The molecule has 1 aliphatic heterocycles. The average Bonchev–Trinajstić information content (AvgIpc) is 2.87.